The highest BCUT2D eigenvalue weighted by atomic mass is 16.5. The van der Waals surface area contributed by atoms with Crippen LogP contribution in [0.2, 0.25) is 0 Å². The summed E-state index contributed by atoms with van der Waals surface area (Å²) in [5, 5.41) is 3.66. The van der Waals surface area contributed by atoms with E-state index >= 15 is 0 Å². The third-order valence-electron chi connectivity index (χ3n) is 2.64. The monoisotopic (exact) mass is 215 g/mol. The fraction of sp³-hybridized carbons (Fsp3) is 1.00. The first kappa shape index (κ1) is 14.9. The number of ether oxygens (including phenoxy) is 1. The molecule has 2 atom stereocenters. The topological polar surface area (TPSA) is 21.3 Å². The van der Waals surface area contributed by atoms with E-state index in [0.29, 0.717) is 12.1 Å². The Morgan fingerprint density at radius 2 is 1.80 bits per heavy atom. The second-order valence-electron chi connectivity index (χ2n) is 4.36. The second-order valence-corrected chi connectivity index (χ2v) is 4.36. The fourth-order valence-electron chi connectivity index (χ4n) is 1.86. The highest BCUT2D eigenvalue weighted by molar-refractivity contribution is 4.70. The van der Waals surface area contributed by atoms with Crippen LogP contribution < -0.4 is 5.32 Å². The Morgan fingerprint density at radius 1 is 1.07 bits per heavy atom. The minimum atomic E-state index is 0.485. The van der Waals surface area contributed by atoms with E-state index in [1.165, 1.54) is 32.1 Å². The molecule has 1 N–H and O–H groups in total. The number of unbranched alkanes of at least 4 members (excludes halogenated alkanes) is 1. The molecular formula is C13H29NO. The molecule has 2 unspecified atom stereocenters. The van der Waals surface area contributed by atoms with Gasteiger partial charge < -0.3 is 10.1 Å². The lowest BCUT2D eigenvalue weighted by atomic mass is 10.0. The predicted molar refractivity (Wildman–Crippen MR) is 67.3 cm³/mol. The lowest BCUT2D eigenvalue weighted by Crippen LogP contribution is -2.39. The highest BCUT2D eigenvalue weighted by Gasteiger charge is 2.10. The highest BCUT2D eigenvalue weighted by Crippen LogP contribution is 2.07. The van der Waals surface area contributed by atoms with E-state index in [2.05, 4.69) is 26.1 Å². The zero-order valence-corrected chi connectivity index (χ0v) is 11.0. The molecule has 0 aromatic heterocycles. The molecule has 0 aromatic carbocycles. The maximum atomic E-state index is 5.42. The van der Waals surface area contributed by atoms with Crippen LogP contribution in [0, 0.1) is 0 Å². The van der Waals surface area contributed by atoms with Crippen molar-refractivity contribution in [2.75, 3.05) is 13.2 Å². The van der Waals surface area contributed by atoms with Gasteiger partial charge in [0.05, 0.1) is 6.61 Å². The van der Waals surface area contributed by atoms with Crippen LogP contribution in [-0.2, 0) is 4.74 Å². The predicted octanol–water partition coefficient (Wildman–Crippen LogP) is 3.36. The van der Waals surface area contributed by atoms with Crippen molar-refractivity contribution >= 4 is 0 Å². The molecule has 0 amide bonds. The molecule has 0 aliphatic carbocycles. The standard InChI is InChI=1S/C13H29NO/c1-5-8-10-13(9-6-2)14-12(4)11-15-7-3/h12-14H,5-11H2,1-4H3. The molecule has 0 aromatic rings. The average Bonchev–Trinajstić information content (AvgIpc) is 2.23. The molecule has 0 fully saturated rings. The maximum absolute atomic E-state index is 5.42. The van der Waals surface area contributed by atoms with Crippen molar-refractivity contribution in [1.82, 2.24) is 5.32 Å². The third-order valence-corrected chi connectivity index (χ3v) is 2.64. The normalized spacial score (nSPS) is 15.2. The molecule has 2 heteroatoms. The van der Waals surface area contributed by atoms with Crippen molar-refractivity contribution in [3.8, 4) is 0 Å². The summed E-state index contributed by atoms with van der Waals surface area (Å²) in [7, 11) is 0. The van der Waals surface area contributed by atoms with Crippen LogP contribution in [-0.4, -0.2) is 25.3 Å². The molecule has 0 aliphatic heterocycles. The van der Waals surface area contributed by atoms with Crippen LogP contribution in [0.1, 0.15) is 59.8 Å². The summed E-state index contributed by atoms with van der Waals surface area (Å²) in [6, 6.07) is 1.17. The first-order valence-electron chi connectivity index (χ1n) is 6.58. The van der Waals surface area contributed by atoms with Crippen LogP contribution in [0.5, 0.6) is 0 Å². The quantitative estimate of drug-likeness (QED) is 0.603. The Hall–Kier alpha value is -0.0800. The Balaban J connectivity index is 3.70. The van der Waals surface area contributed by atoms with Crippen molar-refractivity contribution in [3.63, 3.8) is 0 Å². The van der Waals surface area contributed by atoms with Gasteiger partial charge in [-0.3, -0.25) is 0 Å². The minimum absolute atomic E-state index is 0.485. The first-order chi connectivity index (χ1) is 7.24. The van der Waals surface area contributed by atoms with E-state index < -0.39 is 0 Å². The SMILES string of the molecule is CCCCC(CCC)NC(C)COCC. The van der Waals surface area contributed by atoms with Gasteiger partial charge in [0.2, 0.25) is 0 Å². The Labute approximate surface area is 95.8 Å². The lowest BCUT2D eigenvalue weighted by Gasteiger charge is -2.22. The third kappa shape index (κ3) is 8.88. The van der Waals surface area contributed by atoms with Crippen molar-refractivity contribution in [1.29, 1.82) is 0 Å². The Bertz CT molecular complexity index is 128. The van der Waals surface area contributed by atoms with Crippen LogP contribution in [0.3, 0.4) is 0 Å². The van der Waals surface area contributed by atoms with Crippen molar-refractivity contribution < 1.29 is 4.74 Å². The second kappa shape index (κ2) is 10.4. The molecule has 15 heavy (non-hydrogen) atoms. The summed E-state index contributed by atoms with van der Waals surface area (Å²) in [5.41, 5.74) is 0. The largest absolute Gasteiger partial charge is 0.380 e. The summed E-state index contributed by atoms with van der Waals surface area (Å²) in [4.78, 5) is 0. The van der Waals surface area contributed by atoms with E-state index in [-0.39, 0.29) is 0 Å². The van der Waals surface area contributed by atoms with Gasteiger partial charge in [0.1, 0.15) is 0 Å². The molecular weight excluding hydrogens is 186 g/mol. The Kier molecular flexibility index (Phi) is 10.4. The van der Waals surface area contributed by atoms with Crippen LogP contribution in [0.15, 0.2) is 0 Å². The molecule has 0 heterocycles. The van der Waals surface area contributed by atoms with E-state index in [1.807, 2.05) is 6.92 Å². The average molecular weight is 215 g/mol. The molecule has 0 radical (unpaired) electrons. The van der Waals surface area contributed by atoms with E-state index in [4.69, 9.17) is 4.74 Å². The molecule has 0 saturated carbocycles. The number of hydrogen-bond acceptors (Lipinski definition) is 2. The van der Waals surface area contributed by atoms with Gasteiger partial charge in [0.25, 0.3) is 0 Å². The van der Waals surface area contributed by atoms with Gasteiger partial charge in [0.15, 0.2) is 0 Å². The first-order valence-corrected chi connectivity index (χ1v) is 6.58. The molecule has 92 valence electrons. The zero-order valence-electron chi connectivity index (χ0n) is 11.0. The molecule has 0 bridgehead atoms. The smallest absolute Gasteiger partial charge is 0.0616 e. The summed E-state index contributed by atoms with van der Waals surface area (Å²) in [6.07, 6.45) is 6.49. The van der Waals surface area contributed by atoms with E-state index in [1.54, 1.807) is 0 Å². The van der Waals surface area contributed by atoms with Crippen LogP contribution in [0.4, 0.5) is 0 Å². The van der Waals surface area contributed by atoms with Gasteiger partial charge in [-0.2, -0.15) is 0 Å². The number of nitrogens with one attached hydrogen (secondary N) is 1. The van der Waals surface area contributed by atoms with E-state index in [9.17, 15) is 0 Å². The van der Waals surface area contributed by atoms with Gasteiger partial charge in [0, 0.05) is 18.7 Å². The molecule has 0 saturated heterocycles. The van der Waals surface area contributed by atoms with Gasteiger partial charge in [-0.05, 0) is 26.7 Å². The van der Waals surface area contributed by atoms with Gasteiger partial charge in [-0.1, -0.05) is 33.1 Å². The summed E-state index contributed by atoms with van der Waals surface area (Å²) >= 11 is 0. The summed E-state index contributed by atoms with van der Waals surface area (Å²) < 4.78 is 5.42. The summed E-state index contributed by atoms with van der Waals surface area (Å²) in [5.74, 6) is 0. The zero-order chi connectivity index (χ0) is 11.5. The lowest BCUT2D eigenvalue weighted by molar-refractivity contribution is 0.122. The molecule has 2 nitrogen and oxygen atoms in total. The van der Waals surface area contributed by atoms with Gasteiger partial charge in [-0.25, -0.2) is 0 Å². The van der Waals surface area contributed by atoms with Crippen LogP contribution in [0.25, 0.3) is 0 Å². The van der Waals surface area contributed by atoms with Gasteiger partial charge >= 0.3 is 0 Å². The summed E-state index contributed by atoms with van der Waals surface area (Å²) in [6.45, 7) is 10.4. The fourth-order valence-corrected chi connectivity index (χ4v) is 1.86. The van der Waals surface area contributed by atoms with Crippen LogP contribution >= 0.6 is 0 Å². The minimum Gasteiger partial charge on any atom is -0.380 e. The number of rotatable bonds is 10. The Morgan fingerprint density at radius 3 is 2.33 bits per heavy atom. The molecule has 0 spiro atoms. The van der Waals surface area contributed by atoms with Crippen molar-refractivity contribution in [2.24, 2.45) is 0 Å². The van der Waals surface area contributed by atoms with Gasteiger partial charge in [-0.15, -0.1) is 0 Å². The van der Waals surface area contributed by atoms with E-state index in [0.717, 1.165) is 13.2 Å². The van der Waals surface area contributed by atoms with Crippen molar-refractivity contribution in [3.05, 3.63) is 0 Å². The number of hydrogen-bond donors (Lipinski definition) is 1. The van der Waals surface area contributed by atoms with Crippen molar-refractivity contribution in [2.45, 2.75) is 71.9 Å². The molecule has 0 rings (SSSR count). The maximum Gasteiger partial charge on any atom is 0.0616 e. The molecule has 0 aliphatic rings.